The van der Waals surface area contributed by atoms with E-state index < -0.39 is 0 Å². The first-order chi connectivity index (χ1) is 11.0. The number of carbonyl (C=O) groups is 1. The van der Waals surface area contributed by atoms with E-state index in [1.165, 1.54) is 0 Å². The van der Waals surface area contributed by atoms with Crippen molar-refractivity contribution >= 4 is 5.91 Å². The van der Waals surface area contributed by atoms with E-state index in [1.54, 1.807) is 11.2 Å². The molecule has 2 heterocycles. The number of β-amino-alcohol motifs (C(OH)–C–C–N with tert-alkyl or cyclic N) is 1. The normalized spacial score (nSPS) is 21.3. The zero-order valence-electron chi connectivity index (χ0n) is 14.4. The number of amides is 1. The van der Waals surface area contributed by atoms with Crippen LogP contribution in [0, 0.1) is 0 Å². The second kappa shape index (κ2) is 8.47. The van der Waals surface area contributed by atoms with E-state index >= 15 is 0 Å². The van der Waals surface area contributed by atoms with Crippen molar-refractivity contribution in [3.8, 4) is 0 Å². The third-order valence-corrected chi connectivity index (χ3v) is 4.42. The Morgan fingerprint density at radius 1 is 1.52 bits per heavy atom. The van der Waals surface area contributed by atoms with Crippen LogP contribution in [0.3, 0.4) is 0 Å². The van der Waals surface area contributed by atoms with Crippen LogP contribution in [-0.2, 0) is 11.3 Å². The predicted octanol–water partition coefficient (Wildman–Crippen LogP) is 1.01. The van der Waals surface area contributed by atoms with Crippen LogP contribution < -0.4 is 0 Å². The third-order valence-electron chi connectivity index (χ3n) is 4.42. The maximum atomic E-state index is 12.4. The SMILES string of the molecule is CC[C@@H]1CN(CC(=O)N(C)Cc2ccco2)CCN1C[C@H](C)O. The van der Waals surface area contributed by atoms with Gasteiger partial charge in [-0.15, -0.1) is 0 Å². The molecule has 2 rings (SSSR count). The van der Waals surface area contributed by atoms with Crippen LogP contribution >= 0.6 is 0 Å². The minimum absolute atomic E-state index is 0.111. The highest BCUT2D eigenvalue weighted by Gasteiger charge is 2.28. The molecule has 1 N–H and O–H groups in total. The first-order valence-electron chi connectivity index (χ1n) is 8.40. The summed E-state index contributed by atoms with van der Waals surface area (Å²) < 4.78 is 5.29. The van der Waals surface area contributed by atoms with Gasteiger partial charge in [0, 0.05) is 39.3 Å². The number of aliphatic hydroxyl groups excluding tert-OH is 1. The van der Waals surface area contributed by atoms with E-state index in [0.717, 1.165) is 31.8 Å². The van der Waals surface area contributed by atoms with Crippen LogP contribution in [0.5, 0.6) is 0 Å². The lowest BCUT2D eigenvalue weighted by atomic mass is 10.1. The summed E-state index contributed by atoms with van der Waals surface area (Å²) >= 11 is 0. The first kappa shape index (κ1) is 18.0. The average molecular weight is 323 g/mol. The number of carbonyl (C=O) groups excluding carboxylic acids is 1. The number of piperazine rings is 1. The Hall–Kier alpha value is -1.37. The lowest BCUT2D eigenvalue weighted by molar-refractivity contribution is -0.132. The molecule has 23 heavy (non-hydrogen) atoms. The average Bonchev–Trinajstić information content (AvgIpc) is 3.01. The molecule has 1 aromatic rings. The molecule has 1 aromatic heterocycles. The number of rotatable bonds is 7. The summed E-state index contributed by atoms with van der Waals surface area (Å²) in [7, 11) is 1.81. The summed E-state index contributed by atoms with van der Waals surface area (Å²) in [5.74, 6) is 0.911. The summed E-state index contributed by atoms with van der Waals surface area (Å²) in [6, 6.07) is 4.12. The van der Waals surface area contributed by atoms with E-state index in [0.29, 0.717) is 25.7 Å². The fourth-order valence-electron chi connectivity index (χ4n) is 3.10. The van der Waals surface area contributed by atoms with Gasteiger partial charge in [0.25, 0.3) is 0 Å². The number of aliphatic hydroxyl groups is 1. The third kappa shape index (κ3) is 5.34. The van der Waals surface area contributed by atoms with Gasteiger partial charge in [-0.2, -0.15) is 0 Å². The summed E-state index contributed by atoms with van der Waals surface area (Å²) in [4.78, 5) is 18.6. The highest BCUT2D eigenvalue weighted by molar-refractivity contribution is 5.77. The van der Waals surface area contributed by atoms with Crippen molar-refractivity contribution in [3.05, 3.63) is 24.2 Å². The topological polar surface area (TPSA) is 60.2 Å². The van der Waals surface area contributed by atoms with Gasteiger partial charge in [0.15, 0.2) is 0 Å². The van der Waals surface area contributed by atoms with E-state index in [-0.39, 0.29) is 12.0 Å². The second-order valence-corrected chi connectivity index (χ2v) is 6.47. The molecule has 0 aromatic carbocycles. The molecular formula is C17H29N3O3. The van der Waals surface area contributed by atoms with Crippen LogP contribution in [0.1, 0.15) is 26.0 Å². The Balaban J connectivity index is 1.82. The van der Waals surface area contributed by atoms with E-state index in [2.05, 4.69) is 16.7 Å². The van der Waals surface area contributed by atoms with Gasteiger partial charge in [0.1, 0.15) is 5.76 Å². The van der Waals surface area contributed by atoms with Gasteiger partial charge in [0.05, 0.1) is 25.5 Å². The number of furan rings is 1. The quantitative estimate of drug-likeness (QED) is 0.812. The molecule has 0 bridgehead atoms. The van der Waals surface area contributed by atoms with Crippen LogP contribution in [0.15, 0.2) is 22.8 Å². The lowest BCUT2D eigenvalue weighted by Crippen LogP contribution is -2.56. The van der Waals surface area contributed by atoms with Crippen LogP contribution in [0.4, 0.5) is 0 Å². The van der Waals surface area contributed by atoms with Crippen LogP contribution in [0.25, 0.3) is 0 Å². The van der Waals surface area contributed by atoms with Crippen molar-refractivity contribution in [3.63, 3.8) is 0 Å². The van der Waals surface area contributed by atoms with Crippen molar-refractivity contribution in [2.75, 3.05) is 39.8 Å². The lowest BCUT2D eigenvalue weighted by Gasteiger charge is -2.41. The Morgan fingerprint density at radius 3 is 2.91 bits per heavy atom. The summed E-state index contributed by atoms with van der Waals surface area (Å²) in [5.41, 5.74) is 0. The Labute approximate surface area is 138 Å². The number of likely N-dealkylation sites (N-methyl/N-ethyl adjacent to an activating group) is 1. The predicted molar refractivity (Wildman–Crippen MR) is 89.0 cm³/mol. The van der Waals surface area contributed by atoms with Gasteiger partial charge < -0.3 is 14.4 Å². The molecule has 6 nitrogen and oxygen atoms in total. The molecule has 1 aliphatic rings. The molecule has 2 atom stereocenters. The van der Waals surface area contributed by atoms with Crippen molar-refractivity contribution in [2.45, 2.75) is 39.0 Å². The minimum atomic E-state index is -0.309. The molecule has 1 saturated heterocycles. The van der Waals surface area contributed by atoms with Crippen molar-refractivity contribution in [1.29, 1.82) is 0 Å². The Kier molecular flexibility index (Phi) is 6.62. The standard InChI is InChI=1S/C17H29N3O3/c1-4-15-11-19(7-8-20(15)10-14(2)21)13-17(22)18(3)12-16-6-5-9-23-16/h5-6,9,14-15,21H,4,7-8,10-13H2,1-3H3/t14-,15+/m0/s1. The molecule has 1 fully saturated rings. The zero-order valence-corrected chi connectivity index (χ0v) is 14.4. The molecular weight excluding hydrogens is 294 g/mol. The van der Waals surface area contributed by atoms with Crippen LogP contribution in [0.2, 0.25) is 0 Å². The Morgan fingerprint density at radius 2 is 2.30 bits per heavy atom. The van der Waals surface area contributed by atoms with Gasteiger partial charge >= 0.3 is 0 Å². The van der Waals surface area contributed by atoms with Gasteiger partial charge in [-0.1, -0.05) is 6.92 Å². The molecule has 0 spiro atoms. The monoisotopic (exact) mass is 323 g/mol. The maximum absolute atomic E-state index is 12.4. The minimum Gasteiger partial charge on any atom is -0.467 e. The smallest absolute Gasteiger partial charge is 0.236 e. The molecule has 1 aliphatic heterocycles. The fraction of sp³-hybridized carbons (Fsp3) is 0.706. The van der Waals surface area contributed by atoms with Gasteiger partial charge in [-0.25, -0.2) is 0 Å². The largest absolute Gasteiger partial charge is 0.467 e. The molecule has 1 amide bonds. The highest BCUT2D eigenvalue weighted by Crippen LogP contribution is 2.14. The van der Waals surface area contributed by atoms with E-state index in [4.69, 9.17) is 4.42 Å². The van der Waals surface area contributed by atoms with Gasteiger partial charge in [-0.05, 0) is 25.5 Å². The molecule has 0 saturated carbocycles. The molecule has 0 unspecified atom stereocenters. The van der Waals surface area contributed by atoms with Crippen molar-refractivity contribution < 1.29 is 14.3 Å². The number of nitrogens with zero attached hydrogens (tertiary/aromatic N) is 3. The van der Waals surface area contributed by atoms with Crippen LogP contribution in [-0.4, -0.2) is 77.6 Å². The van der Waals surface area contributed by atoms with Crippen molar-refractivity contribution in [2.24, 2.45) is 0 Å². The Bertz CT molecular complexity index is 475. The fourth-order valence-corrected chi connectivity index (χ4v) is 3.10. The summed E-state index contributed by atoms with van der Waals surface area (Å²) in [5, 5.41) is 9.60. The molecule has 6 heteroatoms. The maximum Gasteiger partial charge on any atom is 0.236 e. The zero-order chi connectivity index (χ0) is 16.8. The molecule has 0 radical (unpaired) electrons. The molecule has 0 aliphatic carbocycles. The number of hydrogen-bond acceptors (Lipinski definition) is 5. The van der Waals surface area contributed by atoms with E-state index in [1.807, 2.05) is 26.1 Å². The van der Waals surface area contributed by atoms with E-state index in [9.17, 15) is 9.90 Å². The van der Waals surface area contributed by atoms with Gasteiger partial charge in [-0.3, -0.25) is 14.6 Å². The first-order valence-corrected chi connectivity index (χ1v) is 8.40. The van der Waals surface area contributed by atoms with Crippen molar-refractivity contribution in [1.82, 2.24) is 14.7 Å². The molecule has 130 valence electrons. The second-order valence-electron chi connectivity index (χ2n) is 6.47. The number of hydrogen-bond donors (Lipinski definition) is 1. The highest BCUT2D eigenvalue weighted by atomic mass is 16.3. The summed E-state index contributed by atoms with van der Waals surface area (Å²) in [6.45, 7) is 8.28. The van der Waals surface area contributed by atoms with Gasteiger partial charge in [0.2, 0.25) is 5.91 Å². The summed E-state index contributed by atoms with van der Waals surface area (Å²) in [6.07, 6.45) is 2.34.